The fourth-order valence-electron chi connectivity index (χ4n) is 2.40. The molecule has 3 rings (SSSR count). The molecular formula is C19H12F2O3S. The average Bonchev–Trinajstić information content (AvgIpc) is 2.62. The van der Waals surface area contributed by atoms with E-state index in [0.717, 1.165) is 42.5 Å². The van der Waals surface area contributed by atoms with E-state index >= 15 is 0 Å². The van der Waals surface area contributed by atoms with Crippen LogP contribution in [0.25, 0.3) is 0 Å². The lowest BCUT2D eigenvalue weighted by atomic mass is 10.0. The number of rotatable bonds is 4. The van der Waals surface area contributed by atoms with E-state index in [1.165, 1.54) is 12.1 Å². The SMILES string of the molecule is O=C(c1ccccc1)c1cc(F)ccc1S(=O)(=O)c1ccc(F)cc1. The summed E-state index contributed by atoms with van der Waals surface area (Å²) in [4.78, 5) is 12.2. The summed E-state index contributed by atoms with van der Waals surface area (Å²) in [6.07, 6.45) is 0. The molecule has 0 amide bonds. The van der Waals surface area contributed by atoms with Crippen LogP contribution in [0, 0.1) is 11.6 Å². The van der Waals surface area contributed by atoms with Crippen LogP contribution in [0.3, 0.4) is 0 Å². The van der Waals surface area contributed by atoms with E-state index in [9.17, 15) is 22.0 Å². The number of carbonyl (C=O) groups is 1. The zero-order valence-electron chi connectivity index (χ0n) is 12.8. The third-order valence-corrected chi connectivity index (χ3v) is 5.46. The van der Waals surface area contributed by atoms with Gasteiger partial charge in [0.2, 0.25) is 9.84 Å². The van der Waals surface area contributed by atoms with Gasteiger partial charge in [0, 0.05) is 11.1 Å². The molecule has 0 unspecified atom stereocenters. The number of hydrogen-bond donors (Lipinski definition) is 0. The molecule has 3 aromatic carbocycles. The van der Waals surface area contributed by atoms with Crippen molar-refractivity contribution in [2.45, 2.75) is 9.79 Å². The Bertz CT molecular complexity index is 1030. The van der Waals surface area contributed by atoms with Gasteiger partial charge in [0.05, 0.1) is 9.79 Å². The molecule has 0 atom stereocenters. The van der Waals surface area contributed by atoms with Crippen molar-refractivity contribution in [1.82, 2.24) is 0 Å². The molecule has 3 nitrogen and oxygen atoms in total. The maximum absolute atomic E-state index is 13.7. The first-order valence-electron chi connectivity index (χ1n) is 7.29. The second-order valence-corrected chi connectivity index (χ2v) is 7.21. The van der Waals surface area contributed by atoms with Crippen molar-refractivity contribution < 1.29 is 22.0 Å². The van der Waals surface area contributed by atoms with Crippen molar-refractivity contribution >= 4 is 15.6 Å². The van der Waals surface area contributed by atoms with Crippen molar-refractivity contribution in [3.63, 3.8) is 0 Å². The molecule has 0 aliphatic heterocycles. The first kappa shape index (κ1) is 17.0. The van der Waals surface area contributed by atoms with Crippen LogP contribution in [-0.2, 0) is 9.84 Å². The van der Waals surface area contributed by atoms with Crippen molar-refractivity contribution in [2.24, 2.45) is 0 Å². The van der Waals surface area contributed by atoms with E-state index in [-0.39, 0.29) is 20.9 Å². The van der Waals surface area contributed by atoms with Crippen LogP contribution in [0.5, 0.6) is 0 Å². The number of carbonyl (C=O) groups excluding carboxylic acids is 1. The predicted octanol–water partition coefficient (Wildman–Crippen LogP) is 4.03. The van der Waals surface area contributed by atoms with Gasteiger partial charge in [0.15, 0.2) is 5.78 Å². The van der Waals surface area contributed by atoms with Crippen LogP contribution in [0.2, 0.25) is 0 Å². The van der Waals surface area contributed by atoms with Crippen LogP contribution in [0.1, 0.15) is 15.9 Å². The van der Waals surface area contributed by atoms with Gasteiger partial charge in [-0.3, -0.25) is 4.79 Å². The Labute approximate surface area is 143 Å². The van der Waals surface area contributed by atoms with E-state index in [2.05, 4.69) is 0 Å². The Balaban J connectivity index is 2.17. The van der Waals surface area contributed by atoms with Gasteiger partial charge in [0.1, 0.15) is 11.6 Å². The normalized spacial score (nSPS) is 11.3. The Hall–Kier alpha value is -2.86. The van der Waals surface area contributed by atoms with Crippen LogP contribution < -0.4 is 0 Å². The lowest BCUT2D eigenvalue weighted by Crippen LogP contribution is -2.11. The summed E-state index contributed by atoms with van der Waals surface area (Å²) in [5.41, 5.74) is -0.0285. The summed E-state index contributed by atoms with van der Waals surface area (Å²) >= 11 is 0. The van der Waals surface area contributed by atoms with E-state index in [0.29, 0.717) is 0 Å². The maximum Gasteiger partial charge on any atom is 0.207 e. The minimum atomic E-state index is -4.11. The first-order chi connectivity index (χ1) is 11.9. The molecule has 0 aliphatic rings. The topological polar surface area (TPSA) is 51.2 Å². The van der Waals surface area contributed by atoms with Crippen LogP contribution in [-0.4, -0.2) is 14.2 Å². The number of halogens is 2. The highest BCUT2D eigenvalue weighted by molar-refractivity contribution is 7.91. The second kappa shape index (κ2) is 6.57. The van der Waals surface area contributed by atoms with Crippen LogP contribution in [0.15, 0.2) is 82.6 Å². The minimum Gasteiger partial charge on any atom is -0.289 e. The lowest BCUT2D eigenvalue weighted by Gasteiger charge is -2.10. The molecule has 126 valence electrons. The van der Waals surface area contributed by atoms with Crippen molar-refractivity contribution in [3.8, 4) is 0 Å². The molecular weight excluding hydrogens is 346 g/mol. The molecule has 0 N–H and O–H groups in total. The fraction of sp³-hybridized carbons (Fsp3) is 0. The van der Waals surface area contributed by atoms with Gasteiger partial charge in [-0.05, 0) is 42.5 Å². The summed E-state index contributed by atoms with van der Waals surface area (Å²) in [6.45, 7) is 0. The van der Waals surface area contributed by atoms with E-state index < -0.39 is 27.3 Å². The summed E-state index contributed by atoms with van der Waals surface area (Å²) < 4.78 is 52.4. The fourth-order valence-corrected chi connectivity index (χ4v) is 3.84. The first-order valence-corrected chi connectivity index (χ1v) is 8.78. The zero-order valence-corrected chi connectivity index (χ0v) is 13.6. The molecule has 0 bridgehead atoms. The third-order valence-electron chi connectivity index (χ3n) is 3.64. The Morgan fingerprint density at radius 2 is 1.36 bits per heavy atom. The van der Waals surface area contributed by atoms with E-state index in [4.69, 9.17) is 0 Å². The van der Waals surface area contributed by atoms with Gasteiger partial charge in [-0.15, -0.1) is 0 Å². The highest BCUT2D eigenvalue weighted by Gasteiger charge is 2.25. The monoisotopic (exact) mass is 358 g/mol. The van der Waals surface area contributed by atoms with E-state index in [1.54, 1.807) is 18.2 Å². The molecule has 25 heavy (non-hydrogen) atoms. The van der Waals surface area contributed by atoms with Crippen molar-refractivity contribution in [1.29, 1.82) is 0 Å². The number of sulfone groups is 1. The maximum atomic E-state index is 13.7. The van der Waals surface area contributed by atoms with Gasteiger partial charge in [0.25, 0.3) is 0 Å². The lowest BCUT2D eigenvalue weighted by molar-refractivity contribution is 0.103. The predicted molar refractivity (Wildman–Crippen MR) is 88.1 cm³/mol. The summed E-state index contributed by atoms with van der Waals surface area (Å²) in [6, 6.07) is 15.1. The summed E-state index contributed by atoms with van der Waals surface area (Å²) in [7, 11) is -4.11. The van der Waals surface area contributed by atoms with Gasteiger partial charge < -0.3 is 0 Å². The minimum absolute atomic E-state index is 0.178. The molecule has 3 aromatic rings. The summed E-state index contributed by atoms with van der Waals surface area (Å²) in [5, 5.41) is 0. The highest BCUT2D eigenvalue weighted by atomic mass is 32.2. The molecule has 0 saturated carbocycles. The second-order valence-electron chi connectivity index (χ2n) is 5.29. The molecule has 0 aromatic heterocycles. The van der Waals surface area contributed by atoms with Crippen LogP contribution >= 0.6 is 0 Å². The standard InChI is InChI=1S/C19H12F2O3S/c20-14-6-9-16(10-7-14)25(23,24)18-11-8-15(21)12-17(18)19(22)13-4-2-1-3-5-13/h1-12H. The van der Waals surface area contributed by atoms with Gasteiger partial charge in [-0.2, -0.15) is 0 Å². The van der Waals surface area contributed by atoms with Gasteiger partial charge in [-0.1, -0.05) is 30.3 Å². The Kier molecular flexibility index (Phi) is 4.46. The highest BCUT2D eigenvalue weighted by Crippen LogP contribution is 2.27. The Morgan fingerprint density at radius 1 is 0.760 bits per heavy atom. The number of hydrogen-bond acceptors (Lipinski definition) is 3. The molecule has 0 fully saturated rings. The zero-order chi connectivity index (χ0) is 18.0. The molecule has 0 aliphatic carbocycles. The van der Waals surface area contributed by atoms with Crippen molar-refractivity contribution in [2.75, 3.05) is 0 Å². The van der Waals surface area contributed by atoms with Gasteiger partial charge in [-0.25, -0.2) is 17.2 Å². The average molecular weight is 358 g/mol. The van der Waals surface area contributed by atoms with Crippen LogP contribution in [0.4, 0.5) is 8.78 Å². The molecule has 0 spiro atoms. The van der Waals surface area contributed by atoms with Crippen molar-refractivity contribution in [3.05, 3.63) is 95.6 Å². The Morgan fingerprint density at radius 3 is 2.00 bits per heavy atom. The molecule has 0 radical (unpaired) electrons. The van der Waals surface area contributed by atoms with Gasteiger partial charge >= 0.3 is 0 Å². The smallest absolute Gasteiger partial charge is 0.207 e. The third kappa shape index (κ3) is 3.34. The quantitative estimate of drug-likeness (QED) is 0.523. The molecule has 0 heterocycles. The van der Waals surface area contributed by atoms with E-state index in [1.807, 2.05) is 0 Å². The number of benzene rings is 3. The number of ketones is 1. The largest absolute Gasteiger partial charge is 0.289 e. The summed E-state index contributed by atoms with van der Waals surface area (Å²) in [5.74, 6) is -1.92. The molecule has 6 heteroatoms. The molecule has 0 saturated heterocycles.